The van der Waals surface area contributed by atoms with Crippen LogP contribution in [0.15, 0.2) is 36.4 Å². The first kappa shape index (κ1) is 19.5. The number of ether oxygens (including phenoxy) is 3. The standard InChI is InChI=1S/C18H18ClNO6/c1-4-25-17-15(19)9-13(10-16(17)24-3)18(21)26-11(2)12-6-5-7-14(8-12)20(22)23/h5-11H,4H2,1-3H3/t11-/m1/s1. The number of carbonyl (C=O) groups excluding carboxylic acids is 1. The number of carbonyl (C=O) groups is 1. The summed E-state index contributed by atoms with van der Waals surface area (Å²) in [5, 5.41) is 11.1. The van der Waals surface area contributed by atoms with Gasteiger partial charge in [-0.3, -0.25) is 10.1 Å². The number of benzene rings is 2. The molecule has 0 N–H and O–H groups in total. The van der Waals surface area contributed by atoms with Gasteiger partial charge in [-0.2, -0.15) is 0 Å². The van der Waals surface area contributed by atoms with E-state index in [1.54, 1.807) is 19.9 Å². The number of non-ortho nitro benzene ring substituents is 1. The summed E-state index contributed by atoms with van der Waals surface area (Å²) in [5.41, 5.74) is 0.625. The van der Waals surface area contributed by atoms with Crippen molar-refractivity contribution in [1.29, 1.82) is 0 Å². The van der Waals surface area contributed by atoms with Gasteiger partial charge in [-0.05, 0) is 31.5 Å². The van der Waals surface area contributed by atoms with E-state index in [1.165, 1.54) is 37.4 Å². The van der Waals surface area contributed by atoms with Crippen LogP contribution >= 0.6 is 11.6 Å². The second-order valence-electron chi connectivity index (χ2n) is 5.32. The van der Waals surface area contributed by atoms with Gasteiger partial charge in [0, 0.05) is 12.1 Å². The zero-order valence-electron chi connectivity index (χ0n) is 14.5. The minimum absolute atomic E-state index is 0.0730. The van der Waals surface area contributed by atoms with Gasteiger partial charge in [-0.25, -0.2) is 4.79 Å². The van der Waals surface area contributed by atoms with Crippen LogP contribution in [-0.2, 0) is 4.74 Å². The highest BCUT2D eigenvalue weighted by atomic mass is 35.5. The smallest absolute Gasteiger partial charge is 0.338 e. The normalized spacial score (nSPS) is 11.5. The Balaban J connectivity index is 2.23. The van der Waals surface area contributed by atoms with Crippen molar-refractivity contribution in [2.75, 3.05) is 13.7 Å². The lowest BCUT2D eigenvalue weighted by Gasteiger charge is -2.16. The number of nitrogens with zero attached hydrogens (tertiary/aromatic N) is 1. The van der Waals surface area contributed by atoms with Gasteiger partial charge in [0.1, 0.15) is 6.10 Å². The van der Waals surface area contributed by atoms with Crippen LogP contribution in [0.4, 0.5) is 5.69 Å². The van der Waals surface area contributed by atoms with E-state index in [9.17, 15) is 14.9 Å². The zero-order chi connectivity index (χ0) is 19.3. The van der Waals surface area contributed by atoms with Gasteiger partial charge in [-0.15, -0.1) is 0 Å². The second-order valence-corrected chi connectivity index (χ2v) is 5.73. The van der Waals surface area contributed by atoms with Crippen LogP contribution in [0.5, 0.6) is 11.5 Å². The highest BCUT2D eigenvalue weighted by Crippen LogP contribution is 2.37. The van der Waals surface area contributed by atoms with Crippen LogP contribution in [0.3, 0.4) is 0 Å². The highest BCUT2D eigenvalue weighted by Gasteiger charge is 2.20. The third-order valence-electron chi connectivity index (χ3n) is 3.59. The van der Waals surface area contributed by atoms with Crippen LogP contribution < -0.4 is 9.47 Å². The van der Waals surface area contributed by atoms with Crippen LogP contribution in [0.25, 0.3) is 0 Å². The average molecular weight is 380 g/mol. The molecule has 138 valence electrons. The Bertz CT molecular complexity index is 823. The molecule has 7 nitrogen and oxygen atoms in total. The summed E-state index contributed by atoms with van der Waals surface area (Å²) in [7, 11) is 1.44. The fraction of sp³-hybridized carbons (Fsp3) is 0.278. The van der Waals surface area contributed by atoms with E-state index in [0.29, 0.717) is 23.7 Å². The third-order valence-corrected chi connectivity index (χ3v) is 3.87. The molecule has 0 saturated carbocycles. The number of hydrogen-bond donors (Lipinski definition) is 0. The molecule has 0 amide bonds. The van der Waals surface area contributed by atoms with E-state index in [4.69, 9.17) is 25.8 Å². The van der Waals surface area contributed by atoms with Gasteiger partial charge in [0.25, 0.3) is 5.69 Å². The number of nitro benzene ring substituents is 1. The number of hydrogen-bond acceptors (Lipinski definition) is 6. The maximum absolute atomic E-state index is 12.4. The summed E-state index contributed by atoms with van der Waals surface area (Å²) in [5.74, 6) is 0.0292. The summed E-state index contributed by atoms with van der Waals surface area (Å²) in [6.07, 6.45) is -0.682. The van der Waals surface area contributed by atoms with E-state index >= 15 is 0 Å². The van der Waals surface area contributed by atoms with Crippen molar-refractivity contribution in [3.63, 3.8) is 0 Å². The number of rotatable bonds is 7. The quantitative estimate of drug-likeness (QED) is 0.397. The van der Waals surface area contributed by atoms with Gasteiger partial charge in [-0.1, -0.05) is 23.7 Å². The molecule has 0 aliphatic heterocycles. The molecule has 0 unspecified atom stereocenters. The first-order valence-corrected chi connectivity index (χ1v) is 8.20. The summed E-state index contributed by atoms with van der Waals surface area (Å²) in [4.78, 5) is 22.8. The fourth-order valence-electron chi connectivity index (χ4n) is 2.31. The van der Waals surface area contributed by atoms with Gasteiger partial charge in [0.2, 0.25) is 0 Å². The molecule has 2 aromatic carbocycles. The summed E-state index contributed by atoms with van der Waals surface area (Å²) in [6.45, 7) is 3.83. The molecule has 0 radical (unpaired) electrons. The molecule has 0 fully saturated rings. The molecule has 0 heterocycles. The van der Waals surface area contributed by atoms with E-state index in [-0.39, 0.29) is 16.3 Å². The Morgan fingerprint density at radius 3 is 2.65 bits per heavy atom. The maximum Gasteiger partial charge on any atom is 0.338 e. The summed E-state index contributed by atoms with van der Waals surface area (Å²) < 4.78 is 16.0. The molecule has 0 aliphatic carbocycles. The van der Waals surface area contributed by atoms with Crippen LogP contribution in [0, 0.1) is 10.1 Å². The lowest BCUT2D eigenvalue weighted by molar-refractivity contribution is -0.385. The molecule has 0 aliphatic rings. The van der Waals surface area contributed by atoms with Crippen molar-refractivity contribution in [1.82, 2.24) is 0 Å². The molecule has 0 aromatic heterocycles. The summed E-state index contributed by atoms with van der Waals surface area (Å²) in [6, 6.07) is 8.82. The number of nitro groups is 1. The molecule has 2 rings (SSSR count). The minimum atomic E-state index is -0.682. The lowest BCUT2D eigenvalue weighted by atomic mass is 10.1. The second kappa shape index (κ2) is 8.53. The van der Waals surface area contributed by atoms with Crippen molar-refractivity contribution < 1.29 is 23.9 Å². The van der Waals surface area contributed by atoms with Crippen LogP contribution in [-0.4, -0.2) is 24.6 Å². The first-order chi connectivity index (χ1) is 12.4. The Hall–Kier alpha value is -2.80. The van der Waals surface area contributed by atoms with E-state index in [2.05, 4.69) is 0 Å². The average Bonchev–Trinajstić information content (AvgIpc) is 2.63. The van der Waals surface area contributed by atoms with Crippen LogP contribution in [0.2, 0.25) is 5.02 Å². The molecule has 0 spiro atoms. The van der Waals surface area contributed by atoms with Gasteiger partial charge < -0.3 is 14.2 Å². The van der Waals surface area contributed by atoms with Crippen molar-refractivity contribution in [3.05, 3.63) is 62.7 Å². The molecular formula is C18H18ClNO6. The number of halogens is 1. The topological polar surface area (TPSA) is 87.9 Å². The Morgan fingerprint density at radius 1 is 1.31 bits per heavy atom. The van der Waals surface area contributed by atoms with Crippen LogP contribution in [0.1, 0.15) is 35.9 Å². The van der Waals surface area contributed by atoms with Gasteiger partial charge in [0.15, 0.2) is 11.5 Å². The monoisotopic (exact) mass is 379 g/mol. The van der Waals surface area contributed by atoms with E-state index in [0.717, 1.165) is 0 Å². The predicted molar refractivity (Wildman–Crippen MR) is 96.1 cm³/mol. The first-order valence-electron chi connectivity index (χ1n) is 7.83. The maximum atomic E-state index is 12.4. The van der Waals surface area contributed by atoms with Crippen molar-refractivity contribution in [3.8, 4) is 11.5 Å². The van der Waals surface area contributed by atoms with Crippen molar-refractivity contribution in [2.24, 2.45) is 0 Å². The fourth-order valence-corrected chi connectivity index (χ4v) is 2.58. The largest absolute Gasteiger partial charge is 0.493 e. The molecular weight excluding hydrogens is 362 g/mol. The number of esters is 1. The molecule has 8 heteroatoms. The third kappa shape index (κ3) is 4.43. The molecule has 0 saturated heterocycles. The Labute approximate surface area is 155 Å². The molecule has 1 atom stereocenters. The number of methoxy groups -OCH3 is 1. The lowest BCUT2D eigenvalue weighted by Crippen LogP contribution is -2.10. The predicted octanol–water partition coefficient (Wildman–Crippen LogP) is 4.57. The Morgan fingerprint density at radius 2 is 2.04 bits per heavy atom. The summed E-state index contributed by atoms with van der Waals surface area (Å²) >= 11 is 6.16. The molecule has 26 heavy (non-hydrogen) atoms. The molecule has 0 bridgehead atoms. The van der Waals surface area contributed by atoms with E-state index in [1.807, 2.05) is 0 Å². The van der Waals surface area contributed by atoms with Gasteiger partial charge >= 0.3 is 5.97 Å². The van der Waals surface area contributed by atoms with Crippen molar-refractivity contribution in [2.45, 2.75) is 20.0 Å². The van der Waals surface area contributed by atoms with Gasteiger partial charge in [0.05, 0.1) is 29.2 Å². The van der Waals surface area contributed by atoms with Crippen molar-refractivity contribution >= 4 is 23.3 Å². The zero-order valence-corrected chi connectivity index (χ0v) is 15.3. The highest BCUT2D eigenvalue weighted by molar-refractivity contribution is 6.32. The van der Waals surface area contributed by atoms with E-state index < -0.39 is 17.0 Å². The Kier molecular flexibility index (Phi) is 6.41. The molecule has 2 aromatic rings. The minimum Gasteiger partial charge on any atom is -0.493 e. The SMILES string of the molecule is CCOc1c(Cl)cc(C(=O)O[C@H](C)c2cccc([N+](=O)[O-])c2)cc1OC.